The van der Waals surface area contributed by atoms with Crippen molar-refractivity contribution in [2.75, 3.05) is 12.4 Å². The van der Waals surface area contributed by atoms with Gasteiger partial charge in [0.15, 0.2) is 5.96 Å². The maximum atomic E-state index is 11.4. The van der Waals surface area contributed by atoms with Crippen molar-refractivity contribution in [2.24, 2.45) is 10.7 Å². The van der Waals surface area contributed by atoms with E-state index in [1.165, 1.54) is 12.7 Å². The number of nitrogens with zero attached hydrogens (tertiary/aromatic N) is 1. The third-order valence-corrected chi connectivity index (χ3v) is 3.41. The van der Waals surface area contributed by atoms with Gasteiger partial charge in [0.2, 0.25) is 0 Å². The molecule has 0 atom stereocenters. The van der Waals surface area contributed by atoms with Gasteiger partial charge in [0.25, 0.3) is 0 Å². The second kappa shape index (κ2) is 9.92. The van der Waals surface area contributed by atoms with E-state index < -0.39 is 0 Å². The molecule has 2 aromatic rings. The predicted octanol–water partition coefficient (Wildman–Crippen LogP) is 3.58. The van der Waals surface area contributed by atoms with Crippen molar-refractivity contribution < 1.29 is 9.53 Å². The molecule has 0 aliphatic heterocycles. The lowest BCUT2D eigenvalue weighted by molar-refractivity contribution is 0.0600. The molecule has 2 aromatic carbocycles. The molecule has 0 spiro atoms. The first-order valence-electron chi connectivity index (χ1n) is 7.45. The number of benzene rings is 2. The molecule has 6 heteroatoms. The van der Waals surface area contributed by atoms with Gasteiger partial charge in [-0.05, 0) is 41.8 Å². The van der Waals surface area contributed by atoms with Crippen LogP contribution in [0.5, 0.6) is 0 Å². The molecule has 0 saturated carbocycles. The van der Waals surface area contributed by atoms with E-state index in [9.17, 15) is 4.79 Å². The summed E-state index contributed by atoms with van der Waals surface area (Å²) in [6.07, 6.45) is 0.971. The molecule has 2 rings (SSSR count). The molecule has 0 aliphatic rings. The summed E-state index contributed by atoms with van der Waals surface area (Å²) in [7, 11) is 1.36. The highest BCUT2D eigenvalue weighted by Gasteiger charge is 2.04. The number of carbonyl (C=O) groups is 1. The fraction of sp³-hybridized carbons (Fsp3) is 0.222. The molecule has 128 valence electrons. The van der Waals surface area contributed by atoms with Crippen LogP contribution in [0.15, 0.2) is 53.5 Å². The summed E-state index contributed by atoms with van der Waals surface area (Å²) >= 11 is 0. The second-order valence-corrected chi connectivity index (χ2v) is 5.07. The average molecular weight is 439 g/mol. The summed E-state index contributed by atoms with van der Waals surface area (Å²) in [6.45, 7) is 2.54. The van der Waals surface area contributed by atoms with Gasteiger partial charge in [-0.2, -0.15) is 0 Å². The summed E-state index contributed by atoms with van der Waals surface area (Å²) in [5, 5.41) is 3.08. The van der Waals surface area contributed by atoms with E-state index in [1.54, 1.807) is 12.1 Å². The number of carbonyl (C=O) groups excluding carboxylic acids is 1. The van der Waals surface area contributed by atoms with E-state index in [2.05, 4.69) is 28.0 Å². The van der Waals surface area contributed by atoms with Crippen molar-refractivity contribution in [1.82, 2.24) is 0 Å². The van der Waals surface area contributed by atoms with Gasteiger partial charge in [0.1, 0.15) is 0 Å². The van der Waals surface area contributed by atoms with Gasteiger partial charge < -0.3 is 15.8 Å². The molecule has 0 bridgehead atoms. The highest BCUT2D eigenvalue weighted by atomic mass is 127. The van der Waals surface area contributed by atoms with E-state index in [0.717, 1.165) is 17.7 Å². The number of nitrogens with two attached hydrogens (primary N) is 1. The fourth-order valence-electron chi connectivity index (χ4n) is 2.10. The first kappa shape index (κ1) is 20.0. The summed E-state index contributed by atoms with van der Waals surface area (Å²) in [5.41, 5.74) is 9.55. The maximum absolute atomic E-state index is 11.4. The first-order chi connectivity index (χ1) is 11.1. The molecule has 0 unspecified atom stereocenters. The van der Waals surface area contributed by atoms with Crippen LogP contribution in [-0.2, 0) is 17.7 Å². The minimum absolute atomic E-state index is 0. The van der Waals surface area contributed by atoms with Crippen LogP contribution in [0.4, 0.5) is 5.69 Å². The van der Waals surface area contributed by atoms with E-state index in [0.29, 0.717) is 18.1 Å². The smallest absolute Gasteiger partial charge is 0.337 e. The Bertz CT molecular complexity index is 700. The second-order valence-electron chi connectivity index (χ2n) is 5.07. The molecule has 0 aromatic heterocycles. The van der Waals surface area contributed by atoms with Crippen LogP contribution < -0.4 is 11.1 Å². The zero-order valence-electron chi connectivity index (χ0n) is 13.8. The van der Waals surface area contributed by atoms with Crippen molar-refractivity contribution >= 4 is 41.6 Å². The number of halogens is 1. The van der Waals surface area contributed by atoms with Gasteiger partial charge in [-0.25, -0.2) is 9.79 Å². The molecule has 0 aliphatic carbocycles. The van der Waals surface area contributed by atoms with Gasteiger partial charge in [0, 0.05) is 5.69 Å². The van der Waals surface area contributed by atoms with Crippen molar-refractivity contribution in [2.45, 2.75) is 19.9 Å². The zero-order chi connectivity index (χ0) is 16.7. The topological polar surface area (TPSA) is 76.7 Å². The lowest BCUT2D eigenvalue weighted by Gasteiger charge is -2.07. The van der Waals surface area contributed by atoms with Crippen molar-refractivity contribution in [3.63, 3.8) is 0 Å². The number of nitrogens with one attached hydrogen (secondary N) is 1. The minimum atomic E-state index is -0.350. The van der Waals surface area contributed by atoms with Gasteiger partial charge in [-0.15, -0.1) is 24.0 Å². The number of aryl methyl sites for hydroxylation is 1. The Morgan fingerprint density at radius 2 is 1.88 bits per heavy atom. The number of ether oxygens (including phenoxy) is 1. The molecule has 0 amide bonds. The van der Waals surface area contributed by atoms with Gasteiger partial charge >= 0.3 is 5.97 Å². The standard InChI is InChI=1S/C18H21N3O2.HI/c1-3-13-5-4-6-16(11-13)21-18(19)20-12-14-7-9-15(10-8-14)17(22)23-2;/h4-11H,3,12H2,1-2H3,(H3,19,20,21);1H. The Hall–Kier alpha value is -2.09. The number of hydrogen-bond acceptors (Lipinski definition) is 3. The Morgan fingerprint density at radius 3 is 2.50 bits per heavy atom. The maximum Gasteiger partial charge on any atom is 0.337 e. The molecule has 3 N–H and O–H groups in total. The molecule has 0 saturated heterocycles. The number of esters is 1. The highest BCUT2D eigenvalue weighted by Crippen LogP contribution is 2.11. The molecule has 5 nitrogen and oxygen atoms in total. The van der Waals surface area contributed by atoms with Crippen LogP contribution in [0.2, 0.25) is 0 Å². The lowest BCUT2D eigenvalue weighted by Crippen LogP contribution is -2.22. The van der Waals surface area contributed by atoms with Crippen LogP contribution in [0.1, 0.15) is 28.4 Å². The lowest BCUT2D eigenvalue weighted by atomic mass is 10.1. The van der Waals surface area contributed by atoms with Crippen LogP contribution in [0.3, 0.4) is 0 Å². The largest absolute Gasteiger partial charge is 0.465 e. The number of methoxy groups -OCH3 is 1. The predicted molar refractivity (Wildman–Crippen MR) is 108 cm³/mol. The Balaban J connectivity index is 0.00000288. The van der Waals surface area contributed by atoms with Crippen LogP contribution >= 0.6 is 24.0 Å². The average Bonchev–Trinajstić information content (AvgIpc) is 2.60. The van der Waals surface area contributed by atoms with E-state index in [-0.39, 0.29) is 29.9 Å². The van der Waals surface area contributed by atoms with Crippen LogP contribution in [0, 0.1) is 0 Å². The third kappa shape index (κ3) is 5.84. The normalized spacial score (nSPS) is 10.7. The van der Waals surface area contributed by atoms with Gasteiger partial charge in [0.05, 0.1) is 19.2 Å². The summed E-state index contributed by atoms with van der Waals surface area (Å²) in [5.74, 6) is 0.00679. The fourth-order valence-corrected chi connectivity index (χ4v) is 2.10. The number of rotatable bonds is 5. The van der Waals surface area contributed by atoms with Crippen molar-refractivity contribution in [1.29, 1.82) is 0 Å². The highest BCUT2D eigenvalue weighted by molar-refractivity contribution is 14.0. The molecule has 0 fully saturated rings. The van der Waals surface area contributed by atoms with Gasteiger partial charge in [-0.1, -0.05) is 31.2 Å². The number of hydrogen-bond donors (Lipinski definition) is 2. The number of aliphatic imine (C=N–C) groups is 1. The number of anilines is 1. The minimum Gasteiger partial charge on any atom is -0.465 e. The van der Waals surface area contributed by atoms with Crippen molar-refractivity contribution in [3.05, 3.63) is 65.2 Å². The quantitative estimate of drug-likeness (QED) is 0.323. The zero-order valence-corrected chi connectivity index (χ0v) is 16.1. The van der Waals surface area contributed by atoms with E-state index >= 15 is 0 Å². The Labute approximate surface area is 159 Å². The first-order valence-corrected chi connectivity index (χ1v) is 7.45. The molecule has 0 radical (unpaired) electrons. The summed E-state index contributed by atoms with van der Waals surface area (Å²) in [4.78, 5) is 15.7. The van der Waals surface area contributed by atoms with Crippen LogP contribution in [-0.4, -0.2) is 19.0 Å². The van der Waals surface area contributed by atoms with Crippen LogP contribution in [0.25, 0.3) is 0 Å². The van der Waals surface area contributed by atoms with Crippen molar-refractivity contribution in [3.8, 4) is 0 Å². The monoisotopic (exact) mass is 439 g/mol. The van der Waals surface area contributed by atoms with E-state index in [1.807, 2.05) is 30.3 Å². The third-order valence-electron chi connectivity index (χ3n) is 3.41. The summed E-state index contributed by atoms with van der Waals surface area (Å²) in [6, 6.07) is 15.2. The van der Waals surface area contributed by atoms with Gasteiger partial charge in [-0.3, -0.25) is 0 Å². The van der Waals surface area contributed by atoms with E-state index in [4.69, 9.17) is 5.73 Å². The molecular weight excluding hydrogens is 417 g/mol. The molecular formula is C18H22IN3O2. The summed E-state index contributed by atoms with van der Waals surface area (Å²) < 4.78 is 4.66. The number of guanidine groups is 1. The Morgan fingerprint density at radius 1 is 1.17 bits per heavy atom. The Kier molecular flexibility index (Phi) is 8.25. The SMILES string of the molecule is CCc1cccc(NC(N)=NCc2ccc(C(=O)OC)cc2)c1.I. The molecule has 24 heavy (non-hydrogen) atoms. The molecule has 0 heterocycles.